The van der Waals surface area contributed by atoms with Crippen molar-refractivity contribution in [2.24, 2.45) is 5.73 Å². The zero-order valence-electron chi connectivity index (χ0n) is 15.1. The number of carbonyl (C=O) groups excluding carboxylic acids is 2. The summed E-state index contributed by atoms with van der Waals surface area (Å²) in [5.41, 5.74) is 6.76. The molecule has 2 rings (SSSR count). The third-order valence-corrected chi connectivity index (χ3v) is 5.96. The van der Waals surface area contributed by atoms with E-state index in [1.165, 1.54) is 0 Å². The second kappa shape index (κ2) is 11.2. The summed E-state index contributed by atoms with van der Waals surface area (Å²) in [7, 11) is -3.08. The van der Waals surface area contributed by atoms with Crippen molar-refractivity contribution >= 4 is 34.2 Å². The van der Waals surface area contributed by atoms with E-state index in [0.717, 1.165) is 12.0 Å². The highest BCUT2D eigenvalue weighted by Gasteiger charge is 2.29. The van der Waals surface area contributed by atoms with Crippen LogP contribution in [0.25, 0.3) is 0 Å². The molecule has 1 heterocycles. The lowest BCUT2D eigenvalue weighted by Crippen LogP contribution is -2.48. The van der Waals surface area contributed by atoms with Crippen molar-refractivity contribution in [2.75, 3.05) is 37.7 Å². The molecule has 0 saturated carbocycles. The van der Waals surface area contributed by atoms with Crippen LogP contribution in [-0.2, 0) is 21.1 Å². The van der Waals surface area contributed by atoms with Crippen molar-refractivity contribution in [1.29, 1.82) is 0 Å². The van der Waals surface area contributed by atoms with Crippen molar-refractivity contribution in [3.63, 3.8) is 0 Å². The standard InChI is InChI=1S/C17H26N4O4S.ClH/c18-8-10-21(9-6-14-4-2-1-3-5-14)12-16(22)20-17(23)19-15-7-11-26(24,25)13-15;/h1-5,15H,6-13,18H2,(H2,19,20,22,23);1H. The summed E-state index contributed by atoms with van der Waals surface area (Å²) >= 11 is 0. The predicted molar refractivity (Wildman–Crippen MR) is 107 cm³/mol. The zero-order valence-corrected chi connectivity index (χ0v) is 16.7. The minimum absolute atomic E-state index is 0. The van der Waals surface area contributed by atoms with Gasteiger partial charge in [-0.15, -0.1) is 12.4 Å². The fourth-order valence-electron chi connectivity index (χ4n) is 2.88. The van der Waals surface area contributed by atoms with E-state index in [-0.39, 0.29) is 30.5 Å². The molecule has 0 aliphatic carbocycles. The van der Waals surface area contributed by atoms with Gasteiger partial charge in [0.15, 0.2) is 9.84 Å². The molecule has 0 spiro atoms. The first-order valence-corrected chi connectivity index (χ1v) is 10.5. The van der Waals surface area contributed by atoms with Gasteiger partial charge in [-0.3, -0.25) is 15.0 Å². The van der Waals surface area contributed by atoms with Gasteiger partial charge in [0.1, 0.15) is 0 Å². The summed E-state index contributed by atoms with van der Waals surface area (Å²) in [6.45, 7) is 1.66. The number of sulfone groups is 1. The number of carbonyl (C=O) groups is 2. The first-order chi connectivity index (χ1) is 12.4. The molecule has 10 heteroatoms. The maximum atomic E-state index is 12.1. The van der Waals surface area contributed by atoms with Crippen LogP contribution in [0.2, 0.25) is 0 Å². The molecule has 0 bridgehead atoms. The molecule has 27 heavy (non-hydrogen) atoms. The zero-order chi connectivity index (χ0) is 19.0. The summed E-state index contributed by atoms with van der Waals surface area (Å²) in [4.78, 5) is 25.8. The summed E-state index contributed by atoms with van der Waals surface area (Å²) in [6, 6.07) is 8.81. The lowest BCUT2D eigenvalue weighted by atomic mass is 10.1. The molecule has 0 aromatic heterocycles. The Kier molecular flexibility index (Phi) is 9.71. The Morgan fingerprint density at radius 1 is 1.19 bits per heavy atom. The first kappa shape index (κ1) is 23.4. The van der Waals surface area contributed by atoms with Gasteiger partial charge in [0.2, 0.25) is 5.91 Å². The maximum absolute atomic E-state index is 12.1. The summed E-state index contributed by atoms with van der Waals surface area (Å²) < 4.78 is 22.8. The SMILES string of the molecule is Cl.NCCN(CCc1ccccc1)CC(=O)NC(=O)NC1CCS(=O)(=O)C1. The van der Waals surface area contributed by atoms with Crippen LogP contribution >= 0.6 is 12.4 Å². The van der Waals surface area contributed by atoms with Gasteiger partial charge < -0.3 is 11.1 Å². The number of hydrogen-bond donors (Lipinski definition) is 3. The van der Waals surface area contributed by atoms with Gasteiger partial charge >= 0.3 is 6.03 Å². The van der Waals surface area contributed by atoms with E-state index in [1.807, 2.05) is 35.2 Å². The molecule has 1 aliphatic heterocycles. The quantitative estimate of drug-likeness (QED) is 0.543. The van der Waals surface area contributed by atoms with Gasteiger partial charge in [-0.1, -0.05) is 30.3 Å². The Balaban J connectivity index is 0.00000364. The molecule has 152 valence electrons. The number of urea groups is 1. The van der Waals surface area contributed by atoms with Crippen molar-refractivity contribution < 1.29 is 18.0 Å². The molecule has 1 saturated heterocycles. The van der Waals surface area contributed by atoms with Crippen molar-refractivity contribution in [1.82, 2.24) is 15.5 Å². The summed E-state index contributed by atoms with van der Waals surface area (Å²) in [5, 5.41) is 4.79. The van der Waals surface area contributed by atoms with E-state index in [9.17, 15) is 18.0 Å². The van der Waals surface area contributed by atoms with E-state index in [0.29, 0.717) is 26.1 Å². The van der Waals surface area contributed by atoms with Crippen LogP contribution < -0.4 is 16.4 Å². The third kappa shape index (κ3) is 8.70. The summed E-state index contributed by atoms with van der Waals surface area (Å²) in [6.07, 6.45) is 1.15. The van der Waals surface area contributed by atoms with Crippen LogP contribution in [0.3, 0.4) is 0 Å². The highest BCUT2D eigenvalue weighted by atomic mass is 35.5. The van der Waals surface area contributed by atoms with Crippen LogP contribution in [0.4, 0.5) is 4.79 Å². The molecule has 8 nitrogen and oxygen atoms in total. The molecule has 3 amide bonds. The minimum Gasteiger partial charge on any atom is -0.334 e. The largest absolute Gasteiger partial charge is 0.334 e. The second-order valence-electron chi connectivity index (χ2n) is 6.42. The Hall–Kier alpha value is -1.68. The average molecular weight is 419 g/mol. The summed E-state index contributed by atoms with van der Waals surface area (Å²) in [5.74, 6) is -0.453. The van der Waals surface area contributed by atoms with Gasteiger partial charge in [0.25, 0.3) is 0 Å². The lowest BCUT2D eigenvalue weighted by molar-refractivity contribution is -0.121. The highest BCUT2D eigenvalue weighted by molar-refractivity contribution is 7.91. The van der Waals surface area contributed by atoms with Crippen molar-refractivity contribution in [3.05, 3.63) is 35.9 Å². The van der Waals surface area contributed by atoms with Crippen LogP contribution in [0.1, 0.15) is 12.0 Å². The van der Waals surface area contributed by atoms with Gasteiger partial charge in [0, 0.05) is 25.7 Å². The van der Waals surface area contributed by atoms with Crippen LogP contribution in [0.5, 0.6) is 0 Å². The van der Waals surface area contributed by atoms with Gasteiger partial charge in [-0.2, -0.15) is 0 Å². The topological polar surface area (TPSA) is 122 Å². The first-order valence-electron chi connectivity index (χ1n) is 8.65. The van der Waals surface area contributed by atoms with Gasteiger partial charge in [0.05, 0.1) is 18.1 Å². The number of imide groups is 1. The molecule has 1 unspecified atom stereocenters. The smallest absolute Gasteiger partial charge is 0.321 e. The molecular weight excluding hydrogens is 392 g/mol. The molecule has 4 N–H and O–H groups in total. The van der Waals surface area contributed by atoms with Crippen molar-refractivity contribution in [3.8, 4) is 0 Å². The highest BCUT2D eigenvalue weighted by Crippen LogP contribution is 2.10. The van der Waals surface area contributed by atoms with E-state index >= 15 is 0 Å². The Bertz CT molecular complexity index is 715. The number of nitrogens with zero attached hydrogens (tertiary/aromatic N) is 1. The number of amides is 3. The number of rotatable bonds is 8. The molecular formula is C17H27ClN4O4S. The molecule has 1 aliphatic rings. The van der Waals surface area contributed by atoms with E-state index in [4.69, 9.17) is 5.73 Å². The molecule has 1 aromatic carbocycles. The second-order valence-corrected chi connectivity index (χ2v) is 8.65. The Morgan fingerprint density at radius 2 is 1.89 bits per heavy atom. The van der Waals surface area contributed by atoms with Gasteiger partial charge in [-0.05, 0) is 18.4 Å². The maximum Gasteiger partial charge on any atom is 0.321 e. The molecule has 0 radical (unpaired) electrons. The number of benzene rings is 1. The van der Waals surface area contributed by atoms with E-state index < -0.39 is 27.8 Å². The number of hydrogen-bond acceptors (Lipinski definition) is 6. The number of nitrogens with two attached hydrogens (primary N) is 1. The third-order valence-electron chi connectivity index (χ3n) is 4.19. The predicted octanol–water partition coefficient (Wildman–Crippen LogP) is -0.0755. The van der Waals surface area contributed by atoms with Gasteiger partial charge in [-0.25, -0.2) is 13.2 Å². The van der Waals surface area contributed by atoms with Crippen LogP contribution in [-0.4, -0.2) is 69.0 Å². The average Bonchev–Trinajstić information content (AvgIpc) is 2.92. The van der Waals surface area contributed by atoms with E-state index in [2.05, 4.69) is 10.6 Å². The number of nitrogens with one attached hydrogen (secondary N) is 2. The lowest BCUT2D eigenvalue weighted by Gasteiger charge is -2.21. The minimum atomic E-state index is -3.08. The molecule has 1 aromatic rings. The normalized spacial score (nSPS) is 17.9. The Labute approximate surface area is 166 Å². The van der Waals surface area contributed by atoms with E-state index in [1.54, 1.807) is 0 Å². The fourth-order valence-corrected chi connectivity index (χ4v) is 4.56. The molecule has 1 fully saturated rings. The van der Waals surface area contributed by atoms with Crippen LogP contribution in [0.15, 0.2) is 30.3 Å². The van der Waals surface area contributed by atoms with Crippen molar-refractivity contribution in [2.45, 2.75) is 18.9 Å². The molecule has 1 atom stereocenters. The number of halogens is 1. The van der Waals surface area contributed by atoms with Crippen LogP contribution in [0, 0.1) is 0 Å². The fraction of sp³-hybridized carbons (Fsp3) is 0.529. The Morgan fingerprint density at radius 3 is 2.48 bits per heavy atom. The monoisotopic (exact) mass is 418 g/mol.